The van der Waals surface area contributed by atoms with Gasteiger partial charge in [-0.15, -0.1) is 0 Å². The third kappa shape index (κ3) is 5.29. The van der Waals surface area contributed by atoms with Crippen LogP contribution in [0, 0.1) is 0 Å². The maximum absolute atomic E-state index is 13.5. The minimum absolute atomic E-state index is 0.153. The van der Waals surface area contributed by atoms with Crippen LogP contribution in [0.25, 0.3) is 0 Å². The molecular formula is C30H38N2O2. The molecule has 0 bridgehead atoms. The number of nitrogens with zero attached hydrogens (tertiary/aromatic N) is 2. The molecule has 1 aliphatic carbocycles. The first kappa shape index (κ1) is 23.3. The second kappa shape index (κ2) is 10.9. The molecule has 2 aromatic rings. The molecule has 0 saturated carbocycles. The number of hydrogen-bond donors (Lipinski definition) is 0. The van der Waals surface area contributed by atoms with Crippen LogP contribution in [0.15, 0.2) is 71.8 Å². The molecule has 2 heterocycles. The molecule has 2 aliphatic heterocycles. The van der Waals surface area contributed by atoms with E-state index in [0.29, 0.717) is 0 Å². The molecule has 2 aromatic carbocycles. The van der Waals surface area contributed by atoms with E-state index in [9.17, 15) is 4.79 Å². The number of amides is 1. The van der Waals surface area contributed by atoms with Gasteiger partial charge in [-0.1, -0.05) is 60.7 Å². The van der Waals surface area contributed by atoms with Gasteiger partial charge in [-0.2, -0.15) is 0 Å². The van der Waals surface area contributed by atoms with Gasteiger partial charge in [-0.25, -0.2) is 0 Å². The molecule has 0 N–H and O–H groups in total. The molecule has 3 aliphatic rings. The molecular weight excluding hydrogens is 420 g/mol. The number of hydrogen-bond acceptors (Lipinski definition) is 3. The summed E-state index contributed by atoms with van der Waals surface area (Å²) >= 11 is 0. The van der Waals surface area contributed by atoms with Crippen LogP contribution < -0.4 is 0 Å². The van der Waals surface area contributed by atoms with Crippen LogP contribution in [-0.4, -0.2) is 47.2 Å². The van der Waals surface area contributed by atoms with Gasteiger partial charge in [0.15, 0.2) is 6.23 Å². The Hall–Kier alpha value is -2.43. The summed E-state index contributed by atoms with van der Waals surface area (Å²) in [6, 6.07) is 21.5. The van der Waals surface area contributed by atoms with Gasteiger partial charge in [0, 0.05) is 31.2 Å². The molecule has 34 heavy (non-hydrogen) atoms. The van der Waals surface area contributed by atoms with Crippen molar-refractivity contribution in [3.05, 3.63) is 82.9 Å². The fourth-order valence-electron chi connectivity index (χ4n) is 5.84. The third-order valence-electron chi connectivity index (χ3n) is 7.83. The number of benzene rings is 2. The van der Waals surface area contributed by atoms with E-state index in [-0.39, 0.29) is 24.3 Å². The molecule has 0 spiro atoms. The summed E-state index contributed by atoms with van der Waals surface area (Å²) in [4.78, 5) is 18.1. The number of ether oxygens (including phenoxy) is 1. The van der Waals surface area contributed by atoms with Gasteiger partial charge < -0.3 is 9.64 Å². The predicted octanol–water partition coefficient (Wildman–Crippen LogP) is 5.73. The Balaban J connectivity index is 1.22. The van der Waals surface area contributed by atoms with Crippen LogP contribution in [-0.2, 0) is 22.5 Å². The molecule has 1 fully saturated rings. The van der Waals surface area contributed by atoms with Crippen LogP contribution in [0.1, 0.15) is 63.0 Å². The zero-order chi connectivity index (χ0) is 23.3. The van der Waals surface area contributed by atoms with Crippen molar-refractivity contribution in [1.82, 2.24) is 9.80 Å². The van der Waals surface area contributed by atoms with Gasteiger partial charge in [0.05, 0.1) is 6.10 Å². The summed E-state index contributed by atoms with van der Waals surface area (Å²) in [5, 5.41) is 0. The summed E-state index contributed by atoms with van der Waals surface area (Å²) in [6.07, 6.45) is 8.33. The molecule has 180 valence electrons. The Bertz CT molecular complexity index is 979. The number of likely N-dealkylation sites (tertiary alicyclic amines) is 1. The number of piperidine rings is 1. The number of carbonyl (C=O) groups excluding carboxylic acids is 1. The molecule has 4 nitrogen and oxygen atoms in total. The van der Waals surface area contributed by atoms with Crippen molar-refractivity contribution in [2.45, 2.75) is 83.2 Å². The molecule has 0 aromatic heterocycles. The minimum atomic E-state index is -0.153. The van der Waals surface area contributed by atoms with Crippen LogP contribution in [0.2, 0.25) is 0 Å². The molecule has 2 atom stereocenters. The maximum atomic E-state index is 13.5. The highest BCUT2D eigenvalue weighted by atomic mass is 16.5. The Morgan fingerprint density at radius 2 is 1.56 bits per heavy atom. The van der Waals surface area contributed by atoms with Crippen LogP contribution >= 0.6 is 0 Å². The van der Waals surface area contributed by atoms with Crippen molar-refractivity contribution in [2.24, 2.45) is 0 Å². The number of aryl methyl sites for hydroxylation is 1. The lowest BCUT2D eigenvalue weighted by Gasteiger charge is -2.38. The average molecular weight is 459 g/mol. The fraction of sp³-hybridized carbons (Fsp3) is 0.500. The van der Waals surface area contributed by atoms with Crippen molar-refractivity contribution in [1.29, 1.82) is 0 Å². The second-order valence-electron chi connectivity index (χ2n) is 10.2. The lowest BCUT2D eigenvalue weighted by molar-refractivity contribution is -0.146. The monoisotopic (exact) mass is 458 g/mol. The maximum Gasteiger partial charge on any atom is 0.252 e. The topological polar surface area (TPSA) is 32.8 Å². The van der Waals surface area contributed by atoms with Gasteiger partial charge in [-0.3, -0.25) is 9.69 Å². The smallest absolute Gasteiger partial charge is 0.252 e. The van der Waals surface area contributed by atoms with Crippen molar-refractivity contribution >= 4 is 5.91 Å². The summed E-state index contributed by atoms with van der Waals surface area (Å²) in [7, 11) is 0. The Morgan fingerprint density at radius 1 is 0.912 bits per heavy atom. The van der Waals surface area contributed by atoms with E-state index < -0.39 is 0 Å². The average Bonchev–Trinajstić information content (AvgIpc) is 3.16. The van der Waals surface area contributed by atoms with Crippen LogP contribution in [0.3, 0.4) is 0 Å². The summed E-state index contributed by atoms with van der Waals surface area (Å²) < 4.78 is 6.80. The van der Waals surface area contributed by atoms with Gasteiger partial charge in [0.25, 0.3) is 5.91 Å². The van der Waals surface area contributed by atoms with E-state index >= 15 is 0 Å². The molecule has 0 radical (unpaired) electrons. The molecule has 4 heteroatoms. The van der Waals surface area contributed by atoms with E-state index in [2.05, 4.69) is 77.4 Å². The number of rotatable bonds is 8. The van der Waals surface area contributed by atoms with Crippen molar-refractivity contribution < 1.29 is 9.53 Å². The lowest BCUT2D eigenvalue weighted by atomic mass is 9.93. The van der Waals surface area contributed by atoms with Crippen molar-refractivity contribution in [3.8, 4) is 0 Å². The van der Waals surface area contributed by atoms with Crippen molar-refractivity contribution in [3.63, 3.8) is 0 Å². The zero-order valence-electron chi connectivity index (χ0n) is 20.5. The number of carbonyl (C=O) groups is 1. The van der Waals surface area contributed by atoms with E-state index in [4.69, 9.17) is 4.74 Å². The lowest BCUT2D eigenvalue weighted by Crippen LogP contribution is -2.47. The highest BCUT2D eigenvalue weighted by Gasteiger charge is 2.43. The minimum Gasteiger partial charge on any atom is -0.351 e. The Morgan fingerprint density at radius 3 is 2.26 bits per heavy atom. The Kier molecular flexibility index (Phi) is 7.46. The van der Waals surface area contributed by atoms with Gasteiger partial charge in [0.1, 0.15) is 0 Å². The quantitative estimate of drug-likeness (QED) is 0.507. The first-order chi connectivity index (χ1) is 16.7. The molecule has 5 rings (SSSR count). The summed E-state index contributed by atoms with van der Waals surface area (Å²) in [5.74, 6) is 0.238. The van der Waals surface area contributed by atoms with E-state index in [0.717, 1.165) is 70.2 Å². The molecule has 1 amide bonds. The highest BCUT2D eigenvalue weighted by Crippen LogP contribution is 2.39. The van der Waals surface area contributed by atoms with E-state index in [1.807, 2.05) is 0 Å². The summed E-state index contributed by atoms with van der Waals surface area (Å²) in [5.41, 5.74) is 5.06. The first-order valence-electron chi connectivity index (χ1n) is 13.2. The zero-order valence-corrected chi connectivity index (χ0v) is 20.5. The van der Waals surface area contributed by atoms with Crippen LogP contribution in [0.4, 0.5) is 0 Å². The van der Waals surface area contributed by atoms with Gasteiger partial charge >= 0.3 is 0 Å². The highest BCUT2D eigenvalue weighted by molar-refractivity contribution is 5.97. The SMILES string of the molecule is C[C@H](CCc1ccccc1)N1C(=O)C2=C(CCCC2)[C@H]1OC1CCN(Cc2ccccc2)CC1. The van der Waals surface area contributed by atoms with Gasteiger partial charge in [0.2, 0.25) is 0 Å². The summed E-state index contributed by atoms with van der Waals surface area (Å²) in [6.45, 7) is 5.32. The Labute approximate surface area is 204 Å². The standard InChI is InChI=1S/C30H38N2O2/c1-23(16-17-24-10-4-2-5-11-24)32-29(33)27-14-8-9-15-28(27)30(32)34-26-18-20-31(21-19-26)22-25-12-6-3-7-13-25/h2-7,10-13,23,26,30H,8-9,14-22H2,1H3/t23-,30-/m1/s1. The third-order valence-corrected chi connectivity index (χ3v) is 7.83. The second-order valence-corrected chi connectivity index (χ2v) is 10.2. The van der Waals surface area contributed by atoms with Gasteiger partial charge in [-0.05, 0) is 75.0 Å². The van der Waals surface area contributed by atoms with Crippen LogP contribution in [0.5, 0.6) is 0 Å². The largest absolute Gasteiger partial charge is 0.351 e. The predicted molar refractivity (Wildman–Crippen MR) is 136 cm³/mol. The normalized spacial score (nSPS) is 22.8. The molecule has 1 saturated heterocycles. The first-order valence-corrected chi connectivity index (χ1v) is 13.2. The fourth-order valence-corrected chi connectivity index (χ4v) is 5.84. The molecule has 0 unspecified atom stereocenters. The van der Waals surface area contributed by atoms with E-state index in [1.54, 1.807) is 0 Å². The van der Waals surface area contributed by atoms with E-state index in [1.165, 1.54) is 23.1 Å². The van der Waals surface area contributed by atoms with Crippen molar-refractivity contribution in [2.75, 3.05) is 13.1 Å².